The summed E-state index contributed by atoms with van der Waals surface area (Å²) in [5.74, 6) is 0.787. The number of furan rings is 1. The molecule has 4 aromatic rings. The number of carbonyl (C=O) groups is 1. The topological polar surface area (TPSA) is 95.4 Å². The summed E-state index contributed by atoms with van der Waals surface area (Å²) in [4.78, 5) is 15.6. The Morgan fingerprint density at radius 1 is 1.23 bits per heavy atom. The zero-order valence-corrected chi connectivity index (χ0v) is 14.5. The summed E-state index contributed by atoms with van der Waals surface area (Å²) in [5.41, 5.74) is 2.33. The molecule has 4 rings (SSSR count). The number of aromatic nitrogens is 5. The van der Waals surface area contributed by atoms with Crippen molar-refractivity contribution in [2.75, 3.05) is 7.11 Å². The lowest BCUT2D eigenvalue weighted by Crippen LogP contribution is -1.98. The molecular formula is C17H13N5O3S. The van der Waals surface area contributed by atoms with Crippen LogP contribution in [0.1, 0.15) is 16.3 Å². The van der Waals surface area contributed by atoms with Gasteiger partial charge in [0, 0.05) is 18.0 Å². The summed E-state index contributed by atoms with van der Waals surface area (Å²) in [6.07, 6.45) is 3.47. The van der Waals surface area contributed by atoms with Crippen molar-refractivity contribution in [3.63, 3.8) is 0 Å². The maximum Gasteiger partial charge on any atom is 0.373 e. The molecule has 9 heteroatoms. The van der Waals surface area contributed by atoms with Crippen LogP contribution in [0, 0.1) is 0 Å². The predicted octanol–water partition coefficient (Wildman–Crippen LogP) is 2.86. The number of fused-ring (bicyclic) bond motifs is 1. The van der Waals surface area contributed by atoms with E-state index in [1.165, 1.54) is 18.9 Å². The van der Waals surface area contributed by atoms with Crippen LogP contribution in [-0.2, 0) is 10.5 Å². The van der Waals surface area contributed by atoms with Gasteiger partial charge in [-0.15, -0.1) is 10.2 Å². The van der Waals surface area contributed by atoms with E-state index in [1.807, 2.05) is 24.3 Å². The first kappa shape index (κ1) is 16.3. The Kier molecular flexibility index (Phi) is 4.36. The van der Waals surface area contributed by atoms with Crippen LogP contribution in [0.2, 0.25) is 0 Å². The lowest BCUT2D eigenvalue weighted by atomic mass is 10.2. The van der Waals surface area contributed by atoms with E-state index in [9.17, 15) is 4.79 Å². The van der Waals surface area contributed by atoms with Crippen LogP contribution < -0.4 is 0 Å². The van der Waals surface area contributed by atoms with Gasteiger partial charge in [-0.1, -0.05) is 11.8 Å². The van der Waals surface area contributed by atoms with Gasteiger partial charge in [-0.3, -0.25) is 4.98 Å². The number of carbonyl (C=O) groups excluding carboxylic acids is 1. The summed E-state index contributed by atoms with van der Waals surface area (Å²) in [6, 6.07) is 10.9. The summed E-state index contributed by atoms with van der Waals surface area (Å²) < 4.78 is 11.8. The number of methoxy groups -OCH3 is 1. The van der Waals surface area contributed by atoms with Gasteiger partial charge in [0.05, 0.1) is 18.6 Å². The molecule has 0 atom stereocenters. The average Bonchev–Trinajstić information content (AvgIpc) is 3.33. The molecule has 0 aliphatic heterocycles. The third-order valence-electron chi connectivity index (χ3n) is 3.58. The van der Waals surface area contributed by atoms with Crippen LogP contribution in [-0.4, -0.2) is 37.9 Å². The average molecular weight is 367 g/mol. The minimum absolute atomic E-state index is 0.172. The second-order valence-electron chi connectivity index (χ2n) is 5.26. The molecule has 0 spiro atoms. The van der Waals surface area contributed by atoms with Crippen molar-refractivity contribution < 1.29 is 13.9 Å². The molecule has 0 saturated carbocycles. The number of ether oxygens (including phenoxy) is 1. The summed E-state index contributed by atoms with van der Waals surface area (Å²) in [6.45, 7) is 0. The zero-order chi connectivity index (χ0) is 17.9. The van der Waals surface area contributed by atoms with E-state index in [0.717, 1.165) is 11.3 Å². The molecule has 0 fully saturated rings. The largest absolute Gasteiger partial charge is 0.463 e. The third kappa shape index (κ3) is 3.16. The highest BCUT2D eigenvalue weighted by Crippen LogP contribution is 2.24. The Morgan fingerprint density at radius 3 is 2.96 bits per heavy atom. The van der Waals surface area contributed by atoms with Gasteiger partial charge >= 0.3 is 5.97 Å². The zero-order valence-electron chi connectivity index (χ0n) is 13.7. The number of esters is 1. The number of rotatable bonds is 5. The smallest absolute Gasteiger partial charge is 0.373 e. The molecule has 0 bridgehead atoms. The fraction of sp³-hybridized carbons (Fsp3) is 0.118. The van der Waals surface area contributed by atoms with Gasteiger partial charge in [0.2, 0.25) is 10.9 Å². The summed E-state index contributed by atoms with van der Waals surface area (Å²) in [7, 11) is 1.31. The van der Waals surface area contributed by atoms with Gasteiger partial charge in [-0.2, -0.15) is 9.61 Å². The van der Waals surface area contributed by atoms with Crippen LogP contribution in [0.3, 0.4) is 0 Å². The molecule has 8 nitrogen and oxygen atoms in total. The fourth-order valence-electron chi connectivity index (χ4n) is 2.33. The first-order valence-corrected chi connectivity index (χ1v) is 8.66. The molecule has 0 amide bonds. The first-order valence-electron chi connectivity index (χ1n) is 7.67. The van der Waals surface area contributed by atoms with E-state index >= 15 is 0 Å². The molecule has 0 aliphatic carbocycles. The van der Waals surface area contributed by atoms with Crippen molar-refractivity contribution in [2.24, 2.45) is 0 Å². The van der Waals surface area contributed by atoms with Crippen molar-refractivity contribution in [2.45, 2.75) is 10.9 Å². The molecule has 0 unspecified atom stereocenters. The highest BCUT2D eigenvalue weighted by atomic mass is 32.2. The van der Waals surface area contributed by atoms with Gasteiger partial charge in [-0.25, -0.2) is 4.79 Å². The highest BCUT2D eigenvalue weighted by Gasteiger charge is 2.14. The Labute approximate surface area is 152 Å². The maximum atomic E-state index is 11.4. The molecule has 4 aromatic heterocycles. The molecule has 130 valence electrons. The van der Waals surface area contributed by atoms with Crippen LogP contribution in [0.5, 0.6) is 0 Å². The van der Waals surface area contributed by atoms with E-state index in [2.05, 4.69) is 25.0 Å². The second-order valence-corrected chi connectivity index (χ2v) is 6.20. The van der Waals surface area contributed by atoms with Gasteiger partial charge < -0.3 is 9.15 Å². The predicted molar refractivity (Wildman–Crippen MR) is 93.6 cm³/mol. The number of thioether (sulfide) groups is 1. The minimum atomic E-state index is -0.503. The number of nitrogens with zero attached hydrogens (tertiary/aromatic N) is 5. The molecule has 0 N–H and O–H groups in total. The number of hydrogen-bond acceptors (Lipinski definition) is 8. The van der Waals surface area contributed by atoms with Crippen molar-refractivity contribution >= 4 is 23.4 Å². The van der Waals surface area contributed by atoms with Gasteiger partial charge in [0.25, 0.3) is 0 Å². The van der Waals surface area contributed by atoms with Crippen molar-refractivity contribution in [1.29, 1.82) is 0 Å². The van der Waals surface area contributed by atoms with E-state index in [0.29, 0.717) is 22.3 Å². The molecule has 0 aliphatic rings. The Hall–Kier alpha value is -3.20. The van der Waals surface area contributed by atoms with Gasteiger partial charge in [-0.05, 0) is 36.4 Å². The minimum Gasteiger partial charge on any atom is -0.463 e. The Balaban J connectivity index is 1.57. The van der Waals surface area contributed by atoms with Crippen molar-refractivity contribution in [3.05, 3.63) is 60.3 Å². The van der Waals surface area contributed by atoms with Crippen LogP contribution in [0.25, 0.3) is 16.9 Å². The monoisotopic (exact) mass is 367 g/mol. The Bertz CT molecular complexity index is 1060. The van der Waals surface area contributed by atoms with E-state index in [-0.39, 0.29) is 5.76 Å². The van der Waals surface area contributed by atoms with Crippen LogP contribution >= 0.6 is 11.8 Å². The quantitative estimate of drug-likeness (QED) is 0.392. The van der Waals surface area contributed by atoms with Gasteiger partial charge in [0.15, 0.2) is 5.65 Å². The molecule has 4 heterocycles. The van der Waals surface area contributed by atoms with E-state index in [1.54, 1.807) is 29.0 Å². The van der Waals surface area contributed by atoms with Crippen molar-refractivity contribution in [3.8, 4) is 11.3 Å². The second kappa shape index (κ2) is 6.96. The normalized spacial score (nSPS) is 11.0. The molecule has 0 aromatic carbocycles. The molecule has 26 heavy (non-hydrogen) atoms. The van der Waals surface area contributed by atoms with Crippen LogP contribution in [0.15, 0.2) is 58.4 Å². The van der Waals surface area contributed by atoms with Crippen LogP contribution in [0.4, 0.5) is 0 Å². The lowest BCUT2D eigenvalue weighted by Gasteiger charge is -2.02. The number of pyridine rings is 1. The standard InChI is InChI=1S/C17H13N5O3S/c1-24-16(23)14-6-4-12(25-14)10-26-17-20-19-15-7-5-13(21-22(15)17)11-3-2-8-18-9-11/h2-9H,10H2,1H3. The maximum absolute atomic E-state index is 11.4. The molecular weight excluding hydrogens is 354 g/mol. The Morgan fingerprint density at radius 2 is 2.15 bits per heavy atom. The summed E-state index contributed by atoms with van der Waals surface area (Å²) >= 11 is 1.41. The van der Waals surface area contributed by atoms with E-state index in [4.69, 9.17) is 4.42 Å². The fourth-order valence-corrected chi connectivity index (χ4v) is 3.11. The SMILES string of the molecule is COC(=O)c1ccc(CSc2nnc3ccc(-c4cccnc4)nn23)o1. The summed E-state index contributed by atoms with van der Waals surface area (Å²) in [5, 5.41) is 13.5. The highest BCUT2D eigenvalue weighted by molar-refractivity contribution is 7.98. The van der Waals surface area contributed by atoms with Gasteiger partial charge in [0.1, 0.15) is 5.76 Å². The first-order chi connectivity index (χ1) is 12.7. The number of hydrogen-bond donors (Lipinski definition) is 0. The molecule has 0 radical (unpaired) electrons. The third-order valence-corrected chi connectivity index (χ3v) is 4.52. The molecule has 0 saturated heterocycles. The lowest BCUT2D eigenvalue weighted by molar-refractivity contribution is 0.0563. The van der Waals surface area contributed by atoms with Crippen molar-refractivity contribution in [1.82, 2.24) is 24.8 Å². The van der Waals surface area contributed by atoms with E-state index < -0.39 is 5.97 Å².